The molecule has 7 nitrogen and oxygen atoms in total. The maximum Gasteiger partial charge on any atom is 0.311 e. The number of carboxylic acids is 1. The lowest BCUT2D eigenvalue weighted by atomic mass is 9.80. The Kier molecular flexibility index (Phi) is 3.61. The van der Waals surface area contributed by atoms with Crippen molar-refractivity contribution in [3.8, 4) is 0 Å². The first-order valence-corrected chi connectivity index (χ1v) is 5.72. The molecule has 1 fully saturated rings. The van der Waals surface area contributed by atoms with E-state index in [1.165, 1.54) is 12.4 Å². The van der Waals surface area contributed by atoms with E-state index < -0.39 is 11.4 Å². The number of aromatic amines is 1. The summed E-state index contributed by atoms with van der Waals surface area (Å²) in [6, 6.07) is 0. The van der Waals surface area contributed by atoms with Crippen LogP contribution in [0.25, 0.3) is 0 Å². The number of ether oxygens (including phenoxy) is 1. The van der Waals surface area contributed by atoms with Gasteiger partial charge in [-0.3, -0.25) is 14.7 Å². The number of nitrogens with one attached hydrogen (secondary N) is 2. The van der Waals surface area contributed by atoms with Gasteiger partial charge in [0.25, 0.3) is 5.91 Å². The number of carboxylic acid groups (broad SMARTS) is 1. The van der Waals surface area contributed by atoms with E-state index in [-0.39, 0.29) is 12.5 Å². The number of hydrogen-bond donors (Lipinski definition) is 3. The van der Waals surface area contributed by atoms with Crippen molar-refractivity contribution in [1.82, 2.24) is 15.5 Å². The summed E-state index contributed by atoms with van der Waals surface area (Å²) in [5.41, 5.74) is -0.528. The standard InChI is InChI=1S/C11H15N3O4/c15-9(8-5-13-14-6-8)12-7-11(10(16)17)1-3-18-4-2-11/h5-6H,1-4,7H2,(H,12,15)(H,13,14)(H,16,17). The van der Waals surface area contributed by atoms with Crippen molar-refractivity contribution < 1.29 is 19.4 Å². The van der Waals surface area contributed by atoms with Crippen LogP contribution in [0.1, 0.15) is 23.2 Å². The normalized spacial score (nSPS) is 18.2. The lowest BCUT2D eigenvalue weighted by molar-refractivity contribution is -0.154. The summed E-state index contributed by atoms with van der Waals surface area (Å²) in [5.74, 6) is -1.21. The SMILES string of the molecule is O=C(NCC1(C(=O)O)CCOCC1)c1cn[nH]c1. The zero-order valence-electron chi connectivity index (χ0n) is 9.81. The Balaban J connectivity index is 1.98. The van der Waals surface area contributed by atoms with Crippen LogP contribution in [0.5, 0.6) is 0 Å². The highest BCUT2D eigenvalue weighted by atomic mass is 16.5. The molecule has 1 aliphatic rings. The topological polar surface area (TPSA) is 104 Å². The Labute approximate surface area is 104 Å². The van der Waals surface area contributed by atoms with Crippen LogP contribution in [0.3, 0.4) is 0 Å². The smallest absolute Gasteiger partial charge is 0.311 e. The maximum absolute atomic E-state index is 11.7. The average Bonchev–Trinajstić information content (AvgIpc) is 2.91. The molecule has 0 aromatic carbocycles. The van der Waals surface area contributed by atoms with Gasteiger partial charge in [-0.15, -0.1) is 0 Å². The van der Waals surface area contributed by atoms with E-state index in [2.05, 4.69) is 15.5 Å². The minimum absolute atomic E-state index is 0.107. The van der Waals surface area contributed by atoms with Gasteiger partial charge in [0, 0.05) is 26.0 Å². The lowest BCUT2D eigenvalue weighted by Gasteiger charge is -2.33. The van der Waals surface area contributed by atoms with Crippen LogP contribution in [-0.2, 0) is 9.53 Å². The molecule has 0 unspecified atom stereocenters. The Morgan fingerprint density at radius 1 is 1.50 bits per heavy atom. The summed E-state index contributed by atoms with van der Waals surface area (Å²) < 4.78 is 5.16. The molecule has 0 bridgehead atoms. The summed E-state index contributed by atoms with van der Waals surface area (Å²) in [6.45, 7) is 0.928. The monoisotopic (exact) mass is 253 g/mol. The predicted molar refractivity (Wildman–Crippen MR) is 61.0 cm³/mol. The molecule has 0 atom stereocenters. The van der Waals surface area contributed by atoms with E-state index in [4.69, 9.17) is 4.74 Å². The molecule has 0 radical (unpaired) electrons. The summed E-state index contributed by atoms with van der Waals surface area (Å²) in [4.78, 5) is 23.1. The number of aliphatic carboxylic acids is 1. The van der Waals surface area contributed by atoms with Gasteiger partial charge in [-0.1, -0.05) is 0 Å². The molecule has 1 aromatic rings. The van der Waals surface area contributed by atoms with E-state index >= 15 is 0 Å². The number of amides is 1. The third kappa shape index (κ3) is 2.51. The van der Waals surface area contributed by atoms with E-state index in [9.17, 15) is 14.7 Å². The summed E-state index contributed by atoms with van der Waals surface area (Å²) in [7, 11) is 0. The molecule has 1 aliphatic heterocycles. The van der Waals surface area contributed by atoms with Gasteiger partial charge in [0.1, 0.15) is 0 Å². The summed E-state index contributed by atoms with van der Waals surface area (Å²) in [6.07, 6.45) is 3.68. The highest BCUT2D eigenvalue weighted by Crippen LogP contribution is 2.30. The fraction of sp³-hybridized carbons (Fsp3) is 0.545. The van der Waals surface area contributed by atoms with Crippen molar-refractivity contribution in [1.29, 1.82) is 0 Å². The number of carbonyl (C=O) groups excluding carboxylic acids is 1. The first-order chi connectivity index (χ1) is 8.64. The van der Waals surface area contributed by atoms with Gasteiger partial charge in [0.05, 0.1) is 17.2 Å². The molecular formula is C11H15N3O4. The lowest BCUT2D eigenvalue weighted by Crippen LogP contribution is -2.46. The number of H-pyrrole nitrogens is 1. The van der Waals surface area contributed by atoms with E-state index in [1.54, 1.807) is 0 Å². The third-order valence-electron chi connectivity index (χ3n) is 3.25. The molecule has 7 heteroatoms. The fourth-order valence-electron chi connectivity index (χ4n) is 1.95. The predicted octanol–water partition coefficient (Wildman–Crippen LogP) is 0.0209. The van der Waals surface area contributed by atoms with Gasteiger partial charge in [-0.2, -0.15) is 5.10 Å². The van der Waals surface area contributed by atoms with Crippen molar-refractivity contribution in [2.45, 2.75) is 12.8 Å². The number of hydrogen-bond acceptors (Lipinski definition) is 4. The van der Waals surface area contributed by atoms with Gasteiger partial charge in [0.15, 0.2) is 0 Å². The van der Waals surface area contributed by atoms with Crippen LogP contribution in [-0.4, -0.2) is 46.9 Å². The zero-order valence-corrected chi connectivity index (χ0v) is 9.81. The van der Waals surface area contributed by atoms with Crippen LogP contribution < -0.4 is 5.32 Å². The third-order valence-corrected chi connectivity index (χ3v) is 3.25. The first-order valence-electron chi connectivity index (χ1n) is 5.72. The minimum Gasteiger partial charge on any atom is -0.481 e. The Hall–Kier alpha value is -1.89. The largest absolute Gasteiger partial charge is 0.481 e. The summed E-state index contributed by atoms with van der Waals surface area (Å²) in [5, 5.41) is 18.2. The maximum atomic E-state index is 11.7. The summed E-state index contributed by atoms with van der Waals surface area (Å²) >= 11 is 0. The van der Waals surface area contributed by atoms with Crippen LogP contribution >= 0.6 is 0 Å². The van der Waals surface area contributed by atoms with Crippen LogP contribution in [0, 0.1) is 5.41 Å². The van der Waals surface area contributed by atoms with Crippen molar-refractivity contribution in [2.75, 3.05) is 19.8 Å². The minimum atomic E-state index is -0.919. The zero-order chi connectivity index (χ0) is 13.0. The van der Waals surface area contributed by atoms with Gasteiger partial charge in [-0.25, -0.2) is 0 Å². The molecule has 18 heavy (non-hydrogen) atoms. The Morgan fingerprint density at radius 2 is 2.22 bits per heavy atom. The second-order valence-electron chi connectivity index (χ2n) is 4.37. The Bertz CT molecular complexity index is 424. The second-order valence-corrected chi connectivity index (χ2v) is 4.37. The first kappa shape index (κ1) is 12.6. The molecule has 0 aliphatic carbocycles. The van der Waals surface area contributed by atoms with Gasteiger partial charge < -0.3 is 15.2 Å². The highest BCUT2D eigenvalue weighted by Gasteiger charge is 2.40. The molecule has 1 aromatic heterocycles. The van der Waals surface area contributed by atoms with Gasteiger partial charge >= 0.3 is 5.97 Å². The molecule has 3 N–H and O–H groups in total. The molecule has 0 saturated carbocycles. The van der Waals surface area contributed by atoms with Crippen LogP contribution in [0.2, 0.25) is 0 Å². The van der Waals surface area contributed by atoms with Crippen molar-refractivity contribution in [2.24, 2.45) is 5.41 Å². The molecule has 1 amide bonds. The molecule has 2 heterocycles. The van der Waals surface area contributed by atoms with Gasteiger partial charge in [0.2, 0.25) is 0 Å². The second kappa shape index (κ2) is 5.18. The molecule has 1 saturated heterocycles. The molecule has 2 rings (SSSR count). The Morgan fingerprint density at radius 3 is 2.78 bits per heavy atom. The molecule has 98 valence electrons. The molecule has 0 spiro atoms. The van der Waals surface area contributed by atoms with Crippen molar-refractivity contribution in [3.05, 3.63) is 18.0 Å². The van der Waals surface area contributed by atoms with Crippen molar-refractivity contribution in [3.63, 3.8) is 0 Å². The van der Waals surface area contributed by atoms with Crippen LogP contribution in [0.15, 0.2) is 12.4 Å². The molecular weight excluding hydrogens is 238 g/mol. The van der Waals surface area contributed by atoms with E-state index in [0.717, 1.165) is 0 Å². The number of rotatable bonds is 4. The van der Waals surface area contributed by atoms with E-state index in [0.29, 0.717) is 31.6 Å². The quantitative estimate of drug-likeness (QED) is 0.701. The average molecular weight is 253 g/mol. The van der Waals surface area contributed by atoms with Crippen LogP contribution in [0.4, 0.5) is 0 Å². The fourth-order valence-corrected chi connectivity index (χ4v) is 1.95. The van der Waals surface area contributed by atoms with E-state index in [1.807, 2.05) is 0 Å². The highest BCUT2D eigenvalue weighted by molar-refractivity contribution is 5.94. The number of aromatic nitrogens is 2. The van der Waals surface area contributed by atoms with Gasteiger partial charge in [-0.05, 0) is 12.8 Å². The number of nitrogens with zero attached hydrogens (tertiary/aromatic N) is 1. The van der Waals surface area contributed by atoms with Crippen molar-refractivity contribution >= 4 is 11.9 Å². The number of carbonyl (C=O) groups is 2.